The summed E-state index contributed by atoms with van der Waals surface area (Å²) in [5, 5.41) is 5.95. The number of rotatable bonds is 8. The van der Waals surface area contributed by atoms with Crippen molar-refractivity contribution in [3.63, 3.8) is 0 Å². The summed E-state index contributed by atoms with van der Waals surface area (Å²) < 4.78 is 24.2. The summed E-state index contributed by atoms with van der Waals surface area (Å²) in [7, 11) is -3.45. The van der Waals surface area contributed by atoms with Gasteiger partial charge in [0.2, 0.25) is 11.9 Å². The molecular formula is C15H17ClN4O3S. The molecule has 1 amide bonds. The van der Waals surface area contributed by atoms with E-state index in [-0.39, 0.29) is 29.5 Å². The quantitative estimate of drug-likeness (QED) is 0.732. The first-order valence-corrected chi connectivity index (χ1v) is 9.26. The number of carbonyl (C=O) groups is 1. The van der Waals surface area contributed by atoms with E-state index < -0.39 is 9.84 Å². The molecule has 0 radical (unpaired) electrons. The highest BCUT2D eigenvalue weighted by molar-refractivity contribution is 7.91. The van der Waals surface area contributed by atoms with Gasteiger partial charge in [0.15, 0.2) is 9.84 Å². The van der Waals surface area contributed by atoms with Crippen LogP contribution in [0.5, 0.6) is 0 Å². The number of nitrogens with zero attached hydrogens (tertiary/aromatic N) is 2. The molecule has 1 aromatic heterocycles. The van der Waals surface area contributed by atoms with Crippen molar-refractivity contribution in [3.8, 4) is 0 Å². The first kappa shape index (κ1) is 18.2. The van der Waals surface area contributed by atoms with E-state index in [0.29, 0.717) is 17.5 Å². The van der Waals surface area contributed by atoms with Gasteiger partial charge in [-0.15, -0.1) is 0 Å². The predicted octanol–water partition coefficient (Wildman–Crippen LogP) is 1.52. The van der Waals surface area contributed by atoms with Crippen LogP contribution in [0.1, 0.15) is 6.42 Å². The minimum Gasteiger partial charge on any atom is -0.355 e. The molecule has 0 atom stereocenters. The third-order valence-corrected chi connectivity index (χ3v) is 5.05. The largest absolute Gasteiger partial charge is 0.355 e. The minimum atomic E-state index is -3.45. The van der Waals surface area contributed by atoms with Gasteiger partial charge in [0.1, 0.15) is 0 Å². The molecule has 0 bridgehead atoms. The molecule has 0 aliphatic carbocycles. The number of sulfone groups is 1. The van der Waals surface area contributed by atoms with Gasteiger partial charge in [-0.05, 0) is 30.3 Å². The molecule has 24 heavy (non-hydrogen) atoms. The third kappa shape index (κ3) is 5.78. The second-order valence-corrected chi connectivity index (χ2v) is 7.42. The van der Waals surface area contributed by atoms with Crippen LogP contribution in [0.25, 0.3) is 0 Å². The summed E-state index contributed by atoms with van der Waals surface area (Å²) in [5.41, 5.74) is 0. The molecule has 9 heteroatoms. The Balaban J connectivity index is 1.71. The Morgan fingerprint density at radius 3 is 2.42 bits per heavy atom. The van der Waals surface area contributed by atoms with Crippen molar-refractivity contribution in [2.24, 2.45) is 0 Å². The Morgan fingerprint density at radius 2 is 1.75 bits per heavy atom. The number of benzene rings is 1. The monoisotopic (exact) mass is 368 g/mol. The molecule has 0 aliphatic rings. The van der Waals surface area contributed by atoms with E-state index in [2.05, 4.69) is 20.6 Å². The minimum absolute atomic E-state index is 0.0473. The summed E-state index contributed by atoms with van der Waals surface area (Å²) in [5.74, 6) is 0.0237. The lowest BCUT2D eigenvalue weighted by Gasteiger charge is -2.07. The van der Waals surface area contributed by atoms with Crippen molar-refractivity contribution < 1.29 is 13.2 Å². The van der Waals surface area contributed by atoms with Crippen molar-refractivity contribution in [1.82, 2.24) is 15.3 Å². The average molecular weight is 369 g/mol. The van der Waals surface area contributed by atoms with Gasteiger partial charge in [-0.2, -0.15) is 0 Å². The van der Waals surface area contributed by atoms with Crippen molar-refractivity contribution in [2.45, 2.75) is 11.3 Å². The molecule has 2 aromatic rings. The van der Waals surface area contributed by atoms with Gasteiger partial charge in [0.05, 0.1) is 10.6 Å². The molecular weight excluding hydrogens is 352 g/mol. The maximum Gasteiger partial charge on any atom is 0.222 e. The van der Waals surface area contributed by atoms with E-state index in [9.17, 15) is 13.2 Å². The van der Waals surface area contributed by atoms with Crippen LogP contribution in [0, 0.1) is 0 Å². The normalized spacial score (nSPS) is 11.0. The fraction of sp³-hybridized carbons (Fsp3) is 0.267. The highest BCUT2D eigenvalue weighted by Crippen LogP contribution is 2.15. The van der Waals surface area contributed by atoms with Crippen LogP contribution in [0.2, 0.25) is 5.02 Å². The average Bonchev–Trinajstić information content (AvgIpc) is 2.56. The van der Waals surface area contributed by atoms with Gasteiger partial charge < -0.3 is 10.6 Å². The SMILES string of the molecule is O=C(CCNc1ncccn1)NCCS(=O)(=O)c1ccc(Cl)cc1. The molecule has 1 aromatic carbocycles. The lowest BCUT2D eigenvalue weighted by molar-refractivity contribution is -0.120. The van der Waals surface area contributed by atoms with Crippen molar-refractivity contribution in [3.05, 3.63) is 47.7 Å². The number of anilines is 1. The highest BCUT2D eigenvalue weighted by Gasteiger charge is 2.14. The van der Waals surface area contributed by atoms with Crippen LogP contribution in [0.15, 0.2) is 47.6 Å². The van der Waals surface area contributed by atoms with Gasteiger partial charge in [-0.1, -0.05) is 11.6 Å². The maximum absolute atomic E-state index is 12.1. The highest BCUT2D eigenvalue weighted by atomic mass is 35.5. The summed E-state index contributed by atoms with van der Waals surface area (Å²) >= 11 is 5.73. The fourth-order valence-electron chi connectivity index (χ4n) is 1.85. The van der Waals surface area contributed by atoms with Crippen molar-refractivity contribution >= 4 is 33.3 Å². The molecule has 1 heterocycles. The number of hydrogen-bond donors (Lipinski definition) is 2. The number of halogens is 1. The first-order valence-electron chi connectivity index (χ1n) is 7.23. The van der Waals surface area contributed by atoms with E-state index in [1.54, 1.807) is 18.5 Å². The third-order valence-electron chi connectivity index (χ3n) is 3.07. The van der Waals surface area contributed by atoms with Crippen LogP contribution < -0.4 is 10.6 Å². The van der Waals surface area contributed by atoms with Crippen molar-refractivity contribution in [2.75, 3.05) is 24.2 Å². The van der Waals surface area contributed by atoms with Crippen LogP contribution in [0.4, 0.5) is 5.95 Å². The summed E-state index contributed by atoms with van der Waals surface area (Å²) in [4.78, 5) is 19.8. The molecule has 2 rings (SSSR count). The van der Waals surface area contributed by atoms with E-state index >= 15 is 0 Å². The Morgan fingerprint density at radius 1 is 1.08 bits per heavy atom. The summed E-state index contributed by atoms with van der Waals surface area (Å²) in [6.07, 6.45) is 3.38. The lowest BCUT2D eigenvalue weighted by Crippen LogP contribution is -2.30. The zero-order valence-electron chi connectivity index (χ0n) is 12.8. The number of nitrogens with one attached hydrogen (secondary N) is 2. The van der Waals surface area contributed by atoms with E-state index in [4.69, 9.17) is 11.6 Å². The lowest BCUT2D eigenvalue weighted by atomic mass is 10.4. The Kier molecular flexibility index (Phi) is 6.51. The molecule has 0 fully saturated rings. The molecule has 0 unspecified atom stereocenters. The number of amides is 1. The van der Waals surface area contributed by atoms with Crippen LogP contribution in [0.3, 0.4) is 0 Å². The first-order chi connectivity index (χ1) is 11.5. The van der Waals surface area contributed by atoms with Gasteiger partial charge >= 0.3 is 0 Å². The molecule has 0 aliphatic heterocycles. The van der Waals surface area contributed by atoms with Crippen LogP contribution in [-0.4, -0.2) is 43.1 Å². The maximum atomic E-state index is 12.1. The molecule has 128 valence electrons. The second kappa shape index (κ2) is 8.60. The second-order valence-electron chi connectivity index (χ2n) is 4.87. The molecule has 0 saturated carbocycles. The standard InChI is InChI=1S/C15H17ClN4O3S/c16-12-2-4-13(5-3-12)24(22,23)11-10-17-14(21)6-9-20-15-18-7-1-8-19-15/h1-5,7-8H,6,9-11H2,(H,17,21)(H,18,19,20). The van der Waals surface area contributed by atoms with Crippen LogP contribution >= 0.6 is 11.6 Å². The van der Waals surface area contributed by atoms with E-state index in [1.807, 2.05) is 0 Å². The molecule has 7 nitrogen and oxygen atoms in total. The number of aromatic nitrogens is 2. The van der Waals surface area contributed by atoms with Gasteiger partial charge in [-0.3, -0.25) is 4.79 Å². The zero-order valence-corrected chi connectivity index (χ0v) is 14.3. The molecule has 2 N–H and O–H groups in total. The summed E-state index contributed by atoms with van der Waals surface area (Å²) in [6, 6.07) is 7.63. The number of hydrogen-bond acceptors (Lipinski definition) is 6. The van der Waals surface area contributed by atoms with Crippen LogP contribution in [-0.2, 0) is 14.6 Å². The Bertz CT molecular complexity index is 767. The van der Waals surface area contributed by atoms with Gasteiger partial charge in [-0.25, -0.2) is 18.4 Å². The molecule has 0 spiro atoms. The Hall–Kier alpha value is -2.19. The zero-order chi connectivity index (χ0) is 17.4. The topological polar surface area (TPSA) is 101 Å². The molecule has 0 saturated heterocycles. The smallest absolute Gasteiger partial charge is 0.222 e. The number of carbonyl (C=O) groups excluding carboxylic acids is 1. The van der Waals surface area contributed by atoms with Crippen molar-refractivity contribution in [1.29, 1.82) is 0 Å². The predicted molar refractivity (Wildman–Crippen MR) is 91.7 cm³/mol. The van der Waals surface area contributed by atoms with Gasteiger partial charge in [0, 0.05) is 36.9 Å². The van der Waals surface area contributed by atoms with E-state index in [0.717, 1.165) is 0 Å². The Labute approximate surface area is 145 Å². The fourth-order valence-corrected chi connectivity index (χ4v) is 3.13. The van der Waals surface area contributed by atoms with E-state index in [1.165, 1.54) is 24.3 Å². The summed E-state index contributed by atoms with van der Waals surface area (Å²) in [6.45, 7) is 0.408. The van der Waals surface area contributed by atoms with Gasteiger partial charge in [0.25, 0.3) is 0 Å².